The van der Waals surface area contributed by atoms with Gasteiger partial charge in [0.05, 0.1) is 12.1 Å². The van der Waals surface area contributed by atoms with Crippen molar-refractivity contribution in [2.45, 2.75) is 24.1 Å². The lowest BCUT2D eigenvalue weighted by Crippen LogP contribution is -2.23. The molecule has 3 aromatic rings. The van der Waals surface area contributed by atoms with E-state index in [1.54, 1.807) is 18.2 Å². The topological polar surface area (TPSA) is 55.1 Å². The largest absolute Gasteiger partial charge is 0.356 e. The van der Waals surface area contributed by atoms with E-state index >= 15 is 0 Å². The third-order valence-electron chi connectivity index (χ3n) is 3.67. The summed E-state index contributed by atoms with van der Waals surface area (Å²) in [6.07, 6.45) is 0. The molecule has 0 atom stereocenters. The second-order valence-corrected chi connectivity index (χ2v) is 6.64. The Morgan fingerprint density at radius 1 is 1.19 bits per heavy atom. The minimum Gasteiger partial charge on any atom is -0.356 e. The van der Waals surface area contributed by atoms with Crippen LogP contribution in [0.3, 0.4) is 0 Å². The molecule has 2 aromatic carbocycles. The first-order valence-corrected chi connectivity index (χ1v) is 8.75. The van der Waals surface area contributed by atoms with Crippen LogP contribution in [0.25, 0.3) is 11.3 Å². The average Bonchev–Trinajstić information content (AvgIpc) is 3.09. The summed E-state index contributed by atoms with van der Waals surface area (Å²) in [6, 6.07) is 15.8. The fraction of sp³-hybridized carbons (Fsp3) is 0.158. The van der Waals surface area contributed by atoms with Gasteiger partial charge >= 0.3 is 0 Å². The first-order chi connectivity index (χ1) is 12.5. The Kier molecular flexibility index (Phi) is 5.68. The summed E-state index contributed by atoms with van der Waals surface area (Å²) in [5, 5.41) is 6.62. The van der Waals surface area contributed by atoms with Crippen molar-refractivity contribution < 1.29 is 18.1 Å². The second-order valence-electron chi connectivity index (χ2n) is 5.61. The van der Waals surface area contributed by atoms with Crippen LogP contribution in [-0.2, 0) is 6.54 Å². The summed E-state index contributed by atoms with van der Waals surface area (Å²) >= 11 is 0.349. The van der Waals surface area contributed by atoms with Crippen LogP contribution in [0.5, 0.6) is 0 Å². The first-order valence-electron chi connectivity index (χ1n) is 7.87. The van der Waals surface area contributed by atoms with Gasteiger partial charge in [0.1, 0.15) is 5.69 Å². The first kappa shape index (κ1) is 18.1. The molecule has 134 valence electrons. The molecule has 1 heterocycles. The van der Waals surface area contributed by atoms with Gasteiger partial charge in [-0.3, -0.25) is 4.79 Å². The van der Waals surface area contributed by atoms with E-state index in [-0.39, 0.29) is 17.0 Å². The van der Waals surface area contributed by atoms with Gasteiger partial charge in [-0.2, -0.15) is 8.78 Å². The number of aromatic nitrogens is 1. The van der Waals surface area contributed by atoms with E-state index in [4.69, 9.17) is 4.52 Å². The maximum atomic E-state index is 12.6. The molecular formula is C19H16F2N2O2S. The zero-order valence-corrected chi connectivity index (χ0v) is 14.7. The molecule has 0 fully saturated rings. The molecule has 1 N–H and O–H groups in total. The van der Waals surface area contributed by atoms with Crippen LogP contribution >= 0.6 is 11.8 Å². The monoisotopic (exact) mass is 374 g/mol. The summed E-state index contributed by atoms with van der Waals surface area (Å²) in [4.78, 5) is 12.5. The van der Waals surface area contributed by atoms with Crippen molar-refractivity contribution >= 4 is 17.7 Å². The maximum absolute atomic E-state index is 12.6. The zero-order chi connectivity index (χ0) is 18.5. The molecular weight excluding hydrogens is 358 g/mol. The molecule has 0 spiro atoms. The van der Waals surface area contributed by atoms with Gasteiger partial charge in [-0.15, -0.1) is 0 Å². The summed E-state index contributed by atoms with van der Waals surface area (Å²) in [6.45, 7) is 2.14. The van der Waals surface area contributed by atoms with E-state index in [2.05, 4.69) is 10.5 Å². The Labute approximate surface area is 153 Å². The lowest BCUT2D eigenvalue weighted by Gasteiger charge is -2.08. The van der Waals surface area contributed by atoms with Crippen LogP contribution in [0.4, 0.5) is 8.78 Å². The number of halogens is 2. The molecule has 3 rings (SSSR count). The molecule has 0 aliphatic rings. The van der Waals surface area contributed by atoms with Crippen molar-refractivity contribution in [3.8, 4) is 11.3 Å². The molecule has 26 heavy (non-hydrogen) atoms. The minimum atomic E-state index is -2.59. The molecule has 0 saturated carbocycles. The van der Waals surface area contributed by atoms with Gasteiger partial charge in [-0.05, 0) is 19.1 Å². The number of hydrogen-bond acceptors (Lipinski definition) is 4. The predicted octanol–water partition coefficient (Wildman–Crippen LogP) is 4.89. The van der Waals surface area contributed by atoms with Crippen LogP contribution in [0.15, 0.2) is 64.0 Å². The third-order valence-corrected chi connectivity index (χ3v) is 4.46. The van der Waals surface area contributed by atoms with Crippen molar-refractivity contribution in [3.05, 3.63) is 71.4 Å². The van der Waals surface area contributed by atoms with Gasteiger partial charge in [0, 0.05) is 16.5 Å². The molecule has 4 nitrogen and oxygen atoms in total. The van der Waals surface area contributed by atoms with Gasteiger partial charge in [0.25, 0.3) is 11.7 Å². The van der Waals surface area contributed by atoms with Crippen LogP contribution in [0, 0.1) is 6.92 Å². The number of carbonyl (C=O) groups excluding carboxylic acids is 1. The van der Waals surface area contributed by atoms with Crippen LogP contribution in [-0.4, -0.2) is 16.8 Å². The highest BCUT2D eigenvalue weighted by atomic mass is 32.2. The van der Waals surface area contributed by atoms with Gasteiger partial charge in [-0.25, -0.2) is 0 Å². The van der Waals surface area contributed by atoms with E-state index in [1.807, 2.05) is 31.2 Å². The van der Waals surface area contributed by atoms with Crippen molar-refractivity contribution in [2.24, 2.45) is 0 Å². The SMILES string of the molecule is Cc1ccc(-c2cc(CNC(=O)c3ccccc3SC(F)F)no2)cc1. The van der Waals surface area contributed by atoms with Crippen LogP contribution in [0.2, 0.25) is 0 Å². The number of rotatable bonds is 6. The van der Waals surface area contributed by atoms with Crippen molar-refractivity contribution in [1.29, 1.82) is 0 Å². The highest BCUT2D eigenvalue weighted by Crippen LogP contribution is 2.28. The third kappa shape index (κ3) is 4.49. The molecule has 0 aliphatic carbocycles. The number of aryl methyl sites for hydroxylation is 1. The van der Waals surface area contributed by atoms with Crippen LogP contribution in [0.1, 0.15) is 21.6 Å². The van der Waals surface area contributed by atoms with E-state index in [0.717, 1.165) is 11.1 Å². The summed E-state index contributed by atoms with van der Waals surface area (Å²) in [5.41, 5.74) is 2.79. The lowest BCUT2D eigenvalue weighted by atomic mass is 10.1. The number of thioether (sulfide) groups is 1. The summed E-state index contributed by atoms with van der Waals surface area (Å²) in [7, 11) is 0. The fourth-order valence-electron chi connectivity index (χ4n) is 2.37. The number of amides is 1. The highest BCUT2D eigenvalue weighted by Gasteiger charge is 2.15. The van der Waals surface area contributed by atoms with E-state index in [1.165, 1.54) is 12.1 Å². The fourth-order valence-corrected chi connectivity index (χ4v) is 3.00. The standard InChI is InChI=1S/C19H16F2N2O2S/c1-12-6-8-13(9-7-12)16-10-14(23-25-16)11-22-18(24)15-4-2-3-5-17(15)26-19(20)21/h2-10,19H,11H2,1H3,(H,22,24). The Balaban J connectivity index is 1.66. The van der Waals surface area contributed by atoms with Crippen LogP contribution < -0.4 is 5.32 Å². The van der Waals surface area contributed by atoms with Gasteiger partial charge < -0.3 is 9.84 Å². The highest BCUT2D eigenvalue weighted by molar-refractivity contribution is 7.99. The van der Waals surface area contributed by atoms with E-state index in [9.17, 15) is 13.6 Å². The molecule has 1 amide bonds. The van der Waals surface area contributed by atoms with Crippen molar-refractivity contribution in [1.82, 2.24) is 10.5 Å². The molecule has 0 unspecified atom stereocenters. The lowest BCUT2D eigenvalue weighted by molar-refractivity contribution is 0.0947. The van der Waals surface area contributed by atoms with Gasteiger partial charge in [0.15, 0.2) is 5.76 Å². The van der Waals surface area contributed by atoms with Crippen molar-refractivity contribution in [2.75, 3.05) is 0 Å². The smallest absolute Gasteiger partial charge is 0.288 e. The minimum absolute atomic E-state index is 0.141. The average molecular weight is 374 g/mol. The van der Waals surface area contributed by atoms with E-state index < -0.39 is 11.7 Å². The maximum Gasteiger partial charge on any atom is 0.288 e. The number of hydrogen-bond donors (Lipinski definition) is 1. The molecule has 0 bridgehead atoms. The Hall–Kier alpha value is -2.67. The molecule has 1 aromatic heterocycles. The number of alkyl halides is 2. The second kappa shape index (κ2) is 8.14. The molecule has 0 radical (unpaired) electrons. The molecule has 0 saturated heterocycles. The van der Waals surface area contributed by atoms with E-state index in [0.29, 0.717) is 23.2 Å². The van der Waals surface area contributed by atoms with Gasteiger partial charge in [0.2, 0.25) is 0 Å². The number of nitrogens with zero attached hydrogens (tertiary/aromatic N) is 1. The Morgan fingerprint density at radius 2 is 1.92 bits per heavy atom. The predicted molar refractivity (Wildman–Crippen MR) is 96.1 cm³/mol. The zero-order valence-electron chi connectivity index (χ0n) is 13.9. The number of carbonyl (C=O) groups is 1. The summed E-state index contributed by atoms with van der Waals surface area (Å²) < 4.78 is 30.5. The normalized spacial score (nSPS) is 10.9. The Bertz CT molecular complexity index is 895. The number of benzene rings is 2. The molecule has 7 heteroatoms. The van der Waals surface area contributed by atoms with Crippen molar-refractivity contribution in [3.63, 3.8) is 0 Å². The van der Waals surface area contributed by atoms with Gasteiger partial charge in [-0.1, -0.05) is 58.9 Å². The quantitative estimate of drug-likeness (QED) is 0.624. The number of nitrogens with one attached hydrogen (secondary N) is 1. The summed E-state index contributed by atoms with van der Waals surface area (Å²) in [5.74, 6) is -2.42. The Morgan fingerprint density at radius 3 is 2.65 bits per heavy atom. The molecule has 0 aliphatic heterocycles.